The first-order chi connectivity index (χ1) is 8.90. The molecule has 0 saturated carbocycles. The van der Waals surface area contributed by atoms with E-state index in [9.17, 15) is 8.42 Å². The summed E-state index contributed by atoms with van der Waals surface area (Å²) in [6, 6.07) is 4.43. The van der Waals surface area contributed by atoms with Gasteiger partial charge in [-0.15, -0.1) is 0 Å². The Morgan fingerprint density at radius 2 is 2.26 bits per heavy atom. The average Bonchev–Trinajstić information content (AvgIpc) is 2.85. The van der Waals surface area contributed by atoms with Gasteiger partial charge in [-0.05, 0) is 47.5 Å². The average molecular weight is 349 g/mol. The molecule has 1 aliphatic rings. The molecule has 1 aliphatic heterocycles. The maximum Gasteiger partial charge on any atom is 0.240 e. The third-order valence-corrected chi connectivity index (χ3v) is 5.54. The van der Waals surface area contributed by atoms with Crippen LogP contribution in [0.1, 0.15) is 13.3 Å². The number of nitrogen functional groups attached to an aromatic ring is 1. The fraction of sp³-hybridized carbons (Fsp3) is 0.500. The van der Waals surface area contributed by atoms with Crippen LogP contribution >= 0.6 is 15.9 Å². The van der Waals surface area contributed by atoms with Crippen molar-refractivity contribution in [1.82, 2.24) is 4.72 Å². The number of hydrogen-bond donors (Lipinski definition) is 2. The standard InChI is InChI=1S/C12H17BrN2O3S/c1-8(9-4-5-18-7-9)15-19(16,17)10-2-3-12(14)11(13)6-10/h2-3,6,8-9,15H,4-5,7,14H2,1H3. The number of rotatable bonds is 4. The van der Waals surface area contributed by atoms with Crippen LogP contribution in [0.5, 0.6) is 0 Å². The number of ether oxygens (including phenoxy) is 1. The van der Waals surface area contributed by atoms with E-state index in [4.69, 9.17) is 10.5 Å². The van der Waals surface area contributed by atoms with Gasteiger partial charge >= 0.3 is 0 Å². The number of benzene rings is 1. The van der Waals surface area contributed by atoms with E-state index >= 15 is 0 Å². The lowest BCUT2D eigenvalue weighted by Gasteiger charge is -2.19. The minimum Gasteiger partial charge on any atom is -0.398 e. The molecule has 2 rings (SSSR count). The number of sulfonamides is 1. The predicted molar refractivity (Wildman–Crippen MR) is 77.3 cm³/mol. The molecule has 1 saturated heterocycles. The quantitative estimate of drug-likeness (QED) is 0.812. The Hall–Kier alpha value is -0.630. The summed E-state index contributed by atoms with van der Waals surface area (Å²) in [6.45, 7) is 3.17. The van der Waals surface area contributed by atoms with Crippen LogP contribution in [0.4, 0.5) is 5.69 Å². The summed E-state index contributed by atoms with van der Waals surface area (Å²) in [6.07, 6.45) is 0.884. The molecule has 1 heterocycles. The Kier molecular flexibility index (Phi) is 4.50. The number of anilines is 1. The maximum absolute atomic E-state index is 12.2. The summed E-state index contributed by atoms with van der Waals surface area (Å²) in [5, 5.41) is 0. The molecule has 0 aliphatic carbocycles. The first-order valence-electron chi connectivity index (χ1n) is 6.05. The molecule has 0 amide bonds. The Morgan fingerprint density at radius 1 is 1.53 bits per heavy atom. The van der Waals surface area contributed by atoms with Gasteiger partial charge in [0, 0.05) is 28.7 Å². The van der Waals surface area contributed by atoms with Crippen molar-refractivity contribution in [3.63, 3.8) is 0 Å². The van der Waals surface area contributed by atoms with E-state index in [1.165, 1.54) is 12.1 Å². The zero-order valence-electron chi connectivity index (χ0n) is 10.6. The highest BCUT2D eigenvalue weighted by Crippen LogP contribution is 2.24. The lowest BCUT2D eigenvalue weighted by molar-refractivity contribution is 0.180. The summed E-state index contributed by atoms with van der Waals surface area (Å²) < 4.78 is 33.0. The van der Waals surface area contributed by atoms with Crippen molar-refractivity contribution >= 4 is 31.6 Å². The second kappa shape index (κ2) is 5.78. The second-order valence-electron chi connectivity index (χ2n) is 4.72. The third kappa shape index (κ3) is 3.47. The molecule has 2 atom stereocenters. The Labute approximate surface area is 121 Å². The Morgan fingerprint density at radius 3 is 2.84 bits per heavy atom. The van der Waals surface area contributed by atoms with Crippen LogP contribution in [0.3, 0.4) is 0 Å². The highest BCUT2D eigenvalue weighted by molar-refractivity contribution is 9.10. The van der Waals surface area contributed by atoms with Gasteiger partial charge in [-0.2, -0.15) is 0 Å². The molecule has 106 valence electrons. The highest BCUT2D eigenvalue weighted by Gasteiger charge is 2.26. The van der Waals surface area contributed by atoms with Crippen LogP contribution in [0, 0.1) is 5.92 Å². The summed E-state index contributed by atoms with van der Waals surface area (Å²) in [5.74, 6) is 0.229. The molecule has 3 N–H and O–H groups in total. The molecule has 1 aromatic rings. The summed E-state index contributed by atoms with van der Waals surface area (Å²) in [4.78, 5) is 0.208. The normalized spacial score (nSPS) is 21.5. The van der Waals surface area contributed by atoms with E-state index < -0.39 is 10.0 Å². The van der Waals surface area contributed by atoms with Crippen LogP contribution in [0.25, 0.3) is 0 Å². The van der Waals surface area contributed by atoms with Crippen LogP contribution in [-0.4, -0.2) is 27.7 Å². The van der Waals surface area contributed by atoms with Gasteiger partial charge in [0.2, 0.25) is 10.0 Å². The van der Waals surface area contributed by atoms with Gasteiger partial charge in [-0.3, -0.25) is 0 Å². The molecule has 19 heavy (non-hydrogen) atoms. The molecule has 0 radical (unpaired) electrons. The Balaban J connectivity index is 2.15. The van der Waals surface area contributed by atoms with Crippen molar-refractivity contribution in [2.75, 3.05) is 18.9 Å². The van der Waals surface area contributed by atoms with Gasteiger partial charge in [-0.1, -0.05) is 0 Å². The number of nitrogens with one attached hydrogen (secondary N) is 1. The van der Waals surface area contributed by atoms with E-state index in [0.717, 1.165) is 6.42 Å². The van der Waals surface area contributed by atoms with E-state index in [1.807, 2.05) is 6.92 Å². The molecule has 1 fully saturated rings. The van der Waals surface area contributed by atoms with Crippen molar-refractivity contribution in [2.24, 2.45) is 5.92 Å². The number of hydrogen-bond acceptors (Lipinski definition) is 4. The lowest BCUT2D eigenvalue weighted by Crippen LogP contribution is -2.38. The fourth-order valence-electron chi connectivity index (χ4n) is 2.03. The zero-order valence-corrected chi connectivity index (χ0v) is 13.0. The van der Waals surface area contributed by atoms with Gasteiger partial charge < -0.3 is 10.5 Å². The molecule has 0 spiro atoms. The summed E-state index contributed by atoms with van der Waals surface area (Å²) in [7, 11) is -3.53. The fourth-order valence-corrected chi connectivity index (χ4v) is 3.90. The highest BCUT2D eigenvalue weighted by atomic mass is 79.9. The topological polar surface area (TPSA) is 81.4 Å². The SMILES string of the molecule is CC(NS(=O)(=O)c1ccc(N)c(Br)c1)C1CCOC1. The van der Waals surface area contributed by atoms with Gasteiger partial charge in [0.15, 0.2) is 0 Å². The van der Waals surface area contributed by atoms with Gasteiger partial charge in [-0.25, -0.2) is 13.1 Å². The summed E-state index contributed by atoms with van der Waals surface area (Å²) >= 11 is 3.23. The maximum atomic E-state index is 12.2. The van der Waals surface area contributed by atoms with E-state index in [1.54, 1.807) is 6.07 Å². The molecular formula is C12H17BrN2O3S. The number of nitrogens with two attached hydrogens (primary N) is 1. The molecular weight excluding hydrogens is 332 g/mol. The van der Waals surface area contributed by atoms with Crippen LogP contribution in [0.15, 0.2) is 27.6 Å². The summed E-state index contributed by atoms with van der Waals surface area (Å²) in [5.41, 5.74) is 6.16. The first-order valence-corrected chi connectivity index (χ1v) is 8.33. The third-order valence-electron chi connectivity index (χ3n) is 3.30. The zero-order chi connectivity index (χ0) is 14.0. The number of halogens is 1. The van der Waals surface area contributed by atoms with Gasteiger partial charge in [0.1, 0.15) is 0 Å². The molecule has 5 nitrogen and oxygen atoms in total. The minimum atomic E-state index is -3.53. The first kappa shape index (κ1) is 14.8. The molecule has 7 heteroatoms. The minimum absolute atomic E-state index is 0.149. The monoisotopic (exact) mass is 348 g/mol. The predicted octanol–water partition coefficient (Wildman–Crippen LogP) is 1.73. The second-order valence-corrected chi connectivity index (χ2v) is 7.29. The largest absolute Gasteiger partial charge is 0.398 e. The van der Waals surface area contributed by atoms with Gasteiger partial charge in [0.05, 0.1) is 11.5 Å². The van der Waals surface area contributed by atoms with Crippen molar-refractivity contribution in [3.05, 3.63) is 22.7 Å². The van der Waals surface area contributed by atoms with Crippen molar-refractivity contribution in [2.45, 2.75) is 24.3 Å². The van der Waals surface area contributed by atoms with Crippen molar-refractivity contribution in [3.8, 4) is 0 Å². The van der Waals surface area contributed by atoms with Crippen LogP contribution in [0.2, 0.25) is 0 Å². The molecule has 1 aromatic carbocycles. The van der Waals surface area contributed by atoms with Crippen molar-refractivity contribution in [1.29, 1.82) is 0 Å². The van der Waals surface area contributed by atoms with Crippen molar-refractivity contribution < 1.29 is 13.2 Å². The van der Waals surface area contributed by atoms with Gasteiger partial charge in [0.25, 0.3) is 0 Å². The smallest absolute Gasteiger partial charge is 0.240 e. The van der Waals surface area contributed by atoms with E-state index in [0.29, 0.717) is 23.4 Å². The molecule has 0 aromatic heterocycles. The molecule has 0 bridgehead atoms. The lowest BCUT2D eigenvalue weighted by atomic mass is 10.0. The van der Waals surface area contributed by atoms with E-state index in [2.05, 4.69) is 20.7 Å². The van der Waals surface area contributed by atoms with Crippen LogP contribution < -0.4 is 10.5 Å². The Bertz CT molecular complexity index is 556. The van der Waals surface area contributed by atoms with E-state index in [-0.39, 0.29) is 16.9 Å². The van der Waals surface area contributed by atoms with Crippen LogP contribution in [-0.2, 0) is 14.8 Å². The molecule has 2 unspecified atom stereocenters.